The number of nitrogens with zero attached hydrogens (tertiary/aromatic N) is 2. The Morgan fingerprint density at radius 3 is 3.12 bits per heavy atom. The summed E-state index contributed by atoms with van der Waals surface area (Å²) >= 11 is 5.54. The minimum atomic E-state index is 0.00130. The third-order valence-electron chi connectivity index (χ3n) is 2.23. The van der Waals surface area contributed by atoms with Crippen molar-refractivity contribution in [2.75, 3.05) is 24.9 Å². The molecule has 1 aromatic heterocycles. The van der Waals surface area contributed by atoms with E-state index in [1.807, 2.05) is 0 Å². The molecule has 0 saturated heterocycles. The van der Waals surface area contributed by atoms with Gasteiger partial charge in [0.1, 0.15) is 0 Å². The summed E-state index contributed by atoms with van der Waals surface area (Å²) in [6.07, 6.45) is 5.60. The van der Waals surface area contributed by atoms with Crippen LogP contribution in [0.2, 0.25) is 0 Å². The summed E-state index contributed by atoms with van der Waals surface area (Å²) in [4.78, 5) is 11.5. The van der Waals surface area contributed by atoms with Gasteiger partial charge in [0, 0.05) is 25.6 Å². The highest BCUT2D eigenvalue weighted by molar-refractivity contribution is 6.17. The van der Waals surface area contributed by atoms with E-state index in [0.717, 1.165) is 18.5 Å². The van der Waals surface area contributed by atoms with Gasteiger partial charge in [-0.3, -0.25) is 9.48 Å². The average molecular weight is 260 g/mol. The second-order valence-corrected chi connectivity index (χ2v) is 4.06. The second-order valence-electron chi connectivity index (χ2n) is 3.68. The molecule has 1 amide bonds. The minimum Gasteiger partial charge on any atom is -0.383 e. The van der Waals surface area contributed by atoms with Crippen LogP contribution in [0.5, 0.6) is 0 Å². The number of hydrogen-bond acceptors (Lipinski definition) is 3. The number of anilines is 1. The third-order valence-corrected chi connectivity index (χ3v) is 2.50. The highest BCUT2D eigenvalue weighted by Gasteiger charge is 2.04. The fourth-order valence-corrected chi connectivity index (χ4v) is 1.53. The molecule has 5 nitrogen and oxygen atoms in total. The van der Waals surface area contributed by atoms with E-state index in [2.05, 4.69) is 10.4 Å². The number of rotatable bonds is 8. The quantitative estimate of drug-likeness (QED) is 0.573. The number of amides is 1. The highest BCUT2D eigenvalue weighted by atomic mass is 35.5. The number of halogens is 1. The molecule has 1 N–H and O–H groups in total. The van der Waals surface area contributed by atoms with Crippen LogP contribution >= 0.6 is 11.6 Å². The molecule has 1 aromatic rings. The zero-order valence-electron chi connectivity index (χ0n) is 9.99. The fourth-order valence-electron chi connectivity index (χ4n) is 1.34. The maximum Gasteiger partial charge on any atom is 0.224 e. The highest BCUT2D eigenvalue weighted by Crippen LogP contribution is 2.06. The molecule has 0 spiro atoms. The smallest absolute Gasteiger partial charge is 0.224 e. The van der Waals surface area contributed by atoms with Gasteiger partial charge in [-0.2, -0.15) is 5.10 Å². The van der Waals surface area contributed by atoms with Gasteiger partial charge in [-0.15, -0.1) is 11.6 Å². The molecule has 1 heterocycles. The Hall–Kier alpha value is -1.07. The van der Waals surface area contributed by atoms with Crippen molar-refractivity contribution in [1.29, 1.82) is 0 Å². The second kappa shape index (κ2) is 8.08. The Morgan fingerprint density at radius 1 is 1.59 bits per heavy atom. The molecule has 0 unspecified atom stereocenters. The monoisotopic (exact) mass is 259 g/mol. The standard InChI is InChI=1S/C11H18ClN3O2/c1-17-7-6-15-9-10(8-13-15)14-11(16)4-2-3-5-12/h8-9H,2-7H2,1H3,(H,14,16). The maximum absolute atomic E-state index is 11.5. The summed E-state index contributed by atoms with van der Waals surface area (Å²) in [5.74, 6) is 0.601. The fraction of sp³-hybridized carbons (Fsp3) is 0.636. The number of carbonyl (C=O) groups is 1. The summed E-state index contributed by atoms with van der Waals surface area (Å²) in [6.45, 7) is 1.28. The topological polar surface area (TPSA) is 56.1 Å². The van der Waals surface area contributed by atoms with E-state index < -0.39 is 0 Å². The van der Waals surface area contributed by atoms with E-state index in [0.29, 0.717) is 25.5 Å². The van der Waals surface area contributed by atoms with Crippen molar-refractivity contribution in [1.82, 2.24) is 9.78 Å². The Kier molecular flexibility index (Phi) is 6.65. The number of carbonyl (C=O) groups excluding carboxylic acids is 1. The lowest BCUT2D eigenvalue weighted by Gasteiger charge is -2.01. The first-order valence-corrected chi connectivity index (χ1v) is 6.17. The lowest BCUT2D eigenvalue weighted by Crippen LogP contribution is -2.10. The van der Waals surface area contributed by atoms with Gasteiger partial charge >= 0.3 is 0 Å². The lowest BCUT2D eigenvalue weighted by molar-refractivity contribution is -0.116. The van der Waals surface area contributed by atoms with Gasteiger partial charge in [-0.05, 0) is 12.8 Å². The number of hydrogen-bond donors (Lipinski definition) is 1. The van der Waals surface area contributed by atoms with Crippen LogP contribution in [-0.4, -0.2) is 35.3 Å². The van der Waals surface area contributed by atoms with Crippen molar-refractivity contribution < 1.29 is 9.53 Å². The number of nitrogens with one attached hydrogen (secondary N) is 1. The van der Waals surface area contributed by atoms with Crippen LogP contribution in [-0.2, 0) is 16.1 Å². The third kappa shape index (κ3) is 5.70. The van der Waals surface area contributed by atoms with E-state index in [9.17, 15) is 4.79 Å². The van der Waals surface area contributed by atoms with Crippen molar-refractivity contribution in [2.24, 2.45) is 0 Å². The van der Waals surface area contributed by atoms with Crippen molar-refractivity contribution in [2.45, 2.75) is 25.8 Å². The van der Waals surface area contributed by atoms with Gasteiger partial charge in [-0.25, -0.2) is 0 Å². The molecule has 0 atom stereocenters. The Balaban J connectivity index is 2.30. The van der Waals surface area contributed by atoms with Crippen LogP contribution < -0.4 is 5.32 Å². The molecule has 6 heteroatoms. The first kappa shape index (κ1) is 14.0. The summed E-state index contributed by atoms with van der Waals surface area (Å²) in [6, 6.07) is 0. The first-order valence-electron chi connectivity index (χ1n) is 5.63. The molecule has 0 aliphatic carbocycles. The Labute approximate surface area is 106 Å². The van der Waals surface area contributed by atoms with E-state index in [4.69, 9.17) is 16.3 Å². The molecule has 96 valence electrons. The Bertz CT molecular complexity index is 341. The van der Waals surface area contributed by atoms with Gasteiger partial charge in [0.15, 0.2) is 0 Å². The van der Waals surface area contributed by atoms with Crippen molar-refractivity contribution in [3.05, 3.63) is 12.4 Å². The van der Waals surface area contributed by atoms with E-state index in [-0.39, 0.29) is 5.91 Å². The van der Waals surface area contributed by atoms with Gasteiger partial charge in [0.2, 0.25) is 5.91 Å². The van der Waals surface area contributed by atoms with E-state index in [1.54, 1.807) is 24.2 Å². The van der Waals surface area contributed by atoms with Crippen molar-refractivity contribution >= 4 is 23.2 Å². The molecule has 0 saturated carbocycles. The van der Waals surface area contributed by atoms with Gasteiger partial charge in [0.05, 0.1) is 25.0 Å². The largest absolute Gasteiger partial charge is 0.383 e. The van der Waals surface area contributed by atoms with Crippen LogP contribution in [0.1, 0.15) is 19.3 Å². The van der Waals surface area contributed by atoms with Gasteiger partial charge in [-0.1, -0.05) is 0 Å². The van der Waals surface area contributed by atoms with Crippen LogP contribution in [0.4, 0.5) is 5.69 Å². The zero-order chi connectivity index (χ0) is 12.5. The summed E-state index contributed by atoms with van der Waals surface area (Å²) in [5.41, 5.74) is 0.719. The van der Waals surface area contributed by atoms with Gasteiger partial charge in [0.25, 0.3) is 0 Å². The number of unbranched alkanes of at least 4 members (excludes halogenated alkanes) is 1. The van der Waals surface area contributed by atoms with E-state index in [1.165, 1.54) is 0 Å². The predicted molar refractivity (Wildman–Crippen MR) is 67.3 cm³/mol. The SMILES string of the molecule is COCCn1cc(NC(=O)CCCCCl)cn1. The van der Waals surface area contributed by atoms with Gasteiger partial charge < -0.3 is 10.1 Å². The number of methoxy groups -OCH3 is 1. The lowest BCUT2D eigenvalue weighted by atomic mass is 10.2. The van der Waals surface area contributed by atoms with E-state index >= 15 is 0 Å². The molecule has 0 fully saturated rings. The molecule has 1 rings (SSSR count). The van der Waals surface area contributed by atoms with Crippen molar-refractivity contribution in [3.63, 3.8) is 0 Å². The number of aromatic nitrogens is 2. The van der Waals surface area contributed by atoms with Crippen LogP contribution in [0, 0.1) is 0 Å². The normalized spacial score (nSPS) is 10.5. The zero-order valence-corrected chi connectivity index (χ0v) is 10.7. The average Bonchev–Trinajstić information content (AvgIpc) is 2.74. The first-order chi connectivity index (χ1) is 8.26. The maximum atomic E-state index is 11.5. The summed E-state index contributed by atoms with van der Waals surface area (Å²) in [7, 11) is 1.64. The molecule has 0 bridgehead atoms. The molecule has 0 radical (unpaired) electrons. The van der Waals surface area contributed by atoms with Crippen molar-refractivity contribution in [3.8, 4) is 0 Å². The number of ether oxygens (including phenoxy) is 1. The predicted octanol–water partition coefficient (Wildman–Crippen LogP) is 1.88. The molecule has 17 heavy (non-hydrogen) atoms. The van der Waals surface area contributed by atoms with Crippen LogP contribution in [0.15, 0.2) is 12.4 Å². The van der Waals surface area contributed by atoms with Crippen LogP contribution in [0.3, 0.4) is 0 Å². The minimum absolute atomic E-state index is 0.00130. The number of alkyl halides is 1. The molecular formula is C11H18ClN3O2. The Morgan fingerprint density at radius 2 is 2.41 bits per heavy atom. The molecule has 0 aromatic carbocycles. The summed E-state index contributed by atoms with van der Waals surface area (Å²) < 4.78 is 6.67. The molecule has 0 aliphatic heterocycles. The molecule has 0 aliphatic rings. The molecular weight excluding hydrogens is 242 g/mol. The summed E-state index contributed by atoms with van der Waals surface area (Å²) in [5, 5.41) is 6.90. The van der Waals surface area contributed by atoms with Crippen LogP contribution in [0.25, 0.3) is 0 Å².